The van der Waals surface area contributed by atoms with E-state index in [2.05, 4.69) is 4.98 Å². The standard InChI is InChI=1S/C24H29FN4O3/c1-3-15(4-2)24(32)29-12-5-6-20(29)21-26-19-14-28(13-11-18(19)22(30)27-21)23(31)16-7-9-17(25)10-8-16/h7-10,15,20H,3-6,11-14H2,1-2H3,(H,26,27,30). The van der Waals surface area contributed by atoms with E-state index in [0.29, 0.717) is 42.2 Å². The van der Waals surface area contributed by atoms with Gasteiger partial charge >= 0.3 is 0 Å². The fourth-order valence-electron chi connectivity index (χ4n) is 4.75. The molecule has 7 nitrogen and oxygen atoms in total. The molecular weight excluding hydrogens is 411 g/mol. The summed E-state index contributed by atoms with van der Waals surface area (Å²) in [5.74, 6) is -0.0190. The van der Waals surface area contributed by atoms with Crippen molar-refractivity contribution in [3.8, 4) is 0 Å². The summed E-state index contributed by atoms with van der Waals surface area (Å²) >= 11 is 0. The molecule has 1 aromatic carbocycles. The van der Waals surface area contributed by atoms with Crippen LogP contribution in [0.15, 0.2) is 29.1 Å². The van der Waals surface area contributed by atoms with Crippen LogP contribution >= 0.6 is 0 Å². The predicted molar refractivity (Wildman–Crippen MR) is 117 cm³/mol. The molecule has 1 saturated heterocycles. The first-order valence-electron chi connectivity index (χ1n) is 11.4. The fourth-order valence-corrected chi connectivity index (χ4v) is 4.75. The van der Waals surface area contributed by atoms with Crippen molar-refractivity contribution in [2.75, 3.05) is 13.1 Å². The minimum Gasteiger partial charge on any atom is -0.332 e. The molecule has 1 unspecified atom stereocenters. The van der Waals surface area contributed by atoms with E-state index in [9.17, 15) is 18.8 Å². The highest BCUT2D eigenvalue weighted by molar-refractivity contribution is 5.94. The van der Waals surface area contributed by atoms with Crippen LogP contribution in [-0.4, -0.2) is 44.7 Å². The number of aromatic amines is 1. The van der Waals surface area contributed by atoms with Gasteiger partial charge in [-0.25, -0.2) is 9.37 Å². The molecule has 2 aliphatic rings. The Morgan fingerprint density at radius 2 is 1.91 bits per heavy atom. The molecule has 32 heavy (non-hydrogen) atoms. The average Bonchev–Trinajstić information content (AvgIpc) is 3.29. The van der Waals surface area contributed by atoms with Crippen molar-refractivity contribution >= 4 is 11.8 Å². The van der Waals surface area contributed by atoms with Gasteiger partial charge in [-0.3, -0.25) is 14.4 Å². The number of nitrogens with one attached hydrogen (secondary N) is 1. The van der Waals surface area contributed by atoms with E-state index in [4.69, 9.17) is 4.98 Å². The largest absolute Gasteiger partial charge is 0.332 e. The van der Waals surface area contributed by atoms with Crippen LogP contribution in [0.3, 0.4) is 0 Å². The Labute approximate surface area is 186 Å². The number of carbonyl (C=O) groups is 2. The van der Waals surface area contributed by atoms with E-state index in [1.54, 1.807) is 4.90 Å². The Bertz CT molecular complexity index is 1060. The number of H-pyrrole nitrogens is 1. The second kappa shape index (κ2) is 9.22. The zero-order valence-electron chi connectivity index (χ0n) is 18.6. The number of hydrogen-bond acceptors (Lipinski definition) is 4. The Balaban J connectivity index is 1.59. The van der Waals surface area contributed by atoms with Gasteiger partial charge in [0.15, 0.2) is 0 Å². The lowest BCUT2D eigenvalue weighted by Gasteiger charge is -2.30. The van der Waals surface area contributed by atoms with Crippen LogP contribution in [0.4, 0.5) is 4.39 Å². The Morgan fingerprint density at radius 1 is 1.19 bits per heavy atom. The van der Waals surface area contributed by atoms with Crippen molar-refractivity contribution in [2.45, 2.75) is 58.5 Å². The van der Waals surface area contributed by atoms with E-state index in [-0.39, 0.29) is 35.9 Å². The minimum atomic E-state index is -0.396. The molecule has 0 saturated carbocycles. The fraction of sp³-hybridized carbons (Fsp3) is 0.500. The topological polar surface area (TPSA) is 86.4 Å². The summed E-state index contributed by atoms with van der Waals surface area (Å²) in [5.41, 5.74) is 1.37. The van der Waals surface area contributed by atoms with Crippen molar-refractivity contribution in [2.24, 2.45) is 5.92 Å². The van der Waals surface area contributed by atoms with E-state index >= 15 is 0 Å². The molecule has 4 rings (SSSR count). The lowest BCUT2D eigenvalue weighted by Crippen LogP contribution is -2.41. The number of nitrogens with zero attached hydrogens (tertiary/aromatic N) is 3. The zero-order chi connectivity index (χ0) is 22.8. The molecule has 0 aliphatic carbocycles. The summed E-state index contributed by atoms with van der Waals surface area (Å²) in [5, 5.41) is 0. The van der Waals surface area contributed by atoms with Gasteiger partial charge in [-0.2, -0.15) is 0 Å². The molecule has 1 N–H and O–H groups in total. The van der Waals surface area contributed by atoms with Crippen LogP contribution < -0.4 is 5.56 Å². The second-order valence-corrected chi connectivity index (χ2v) is 8.56. The molecule has 0 spiro atoms. The van der Waals surface area contributed by atoms with Crippen LogP contribution in [0.2, 0.25) is 0 Å². The number of rotatable bonds is 5. The number of halogens is 1. The molecule has 2 aliphatic heterocycles. The summed E-state index contributed by atoms with van der Waals surface area (Å²) in [6.45, 7) is 5.31. The average molecular weight is 441 g/mol. The molecule has 170 valence electrons. The molecule has 1 atom stereocenters. The molecule has 8 heteroatoms. The lowest BCUT2D eigenvalue weighted by atomic mass is 10.0. The first-order valence-corrected chi connectivity index (χ1v) is 11.4. The quantitative estimate of drug-likeness (QED) is 0.774. The normalized spacial score (nSPS) is 18.2. The third kappa shape index (κ3) is 4.18. The van der Waals surface area contributed by atoms with Crippen molar-refractivity contribution in [1.29, 1.82) is 0 Å². The first kappa shape index (κ1) is 22.2. The highest BCUT2D eigenvalue weighted by Gasteiger charge is 2.35. The third-order valence-electron chi connectivity index (χ3n) is 6.66. The number of aromatic nitrogens is 2. The number of hydrogen-bond donors (Lipinski definition) is 1. The van der Waals surface area contributed by atoms with E-state index in [1.807, 2.05) is 18.7 Å². The van der Waals surface area contributed by atoms with Gasteiger partial charge in [-0.05, 0) is 56.4 Å². The van der Waals surface area contributed by atoms with E-state index in [0.717, 1.165) is 25.7 Å². The SMILES string of the molecule is CCC(CC)C(=O)N1CCCC1c1nc2c(c(=O)[nH]1)CCN(C(=O)c1ccc(F)cc1)C2. The van der Waals surface area contributed by atoms with Crippen molar-refractivity contribution in [3.05, 3.63) is 63.1 Å². The Hall–Kier alpha value is -3.03. The molecule has 3 heterocycles. The number of benzene rings is 1. The lowest BCUT2D eigenvalue weighted by molar-refractivity contribution is -0.136. The van der Waals surface area contributed by atoms with Gasteiger partial charge in [0.05, 0.1) is 18.3 Å². The Morgan fingerprint density at radius 3 is 2.59 bits per heavy atom. The van der Waals surface area contributed by atoms with Gasteiger partial charge in [0.25, 0.3) is 11.5 Å². The molecule has 2 amide bonds. The number of fused-ring (bicyclic) bond motifs is 1. The summed E-state index contributed by atoms with van der Waals surface area (Å²) in [7, 11) is 0. The highest BCUT2D eigenvalue weighted by atomic mass is 19.1. The van der Waals surface area contributed by atoms with Crippen LogP contribution in [0.25, 0.3) is 0 Å². The van der Waals surface area contributed by atoms with Crippen molar-refractivity contribution in [3.63, 3.8) is 0 Å². The summed E-state index contributed by atoms with van der Waals surface area (Å²) < 4.78 is 13.2. The summed E-state index contributed by atoms with van der Waals surface area (Å²) in [4.78, 5) is 49.8. The van der Waals surface area contributed by atoms with Gasteiger partial charge < -0.3 is 14.8 Å². The summed E-state index contributed by atoms with van der Waals surface area (Å²) in [6.07, 6.45) is 3.60. The molecule has 0 bridgehead atoms. The zero-order valence-corrected chi connectivity index (χ0v) is 18.6. The summed E-state index contributed by atoms with van der Waals surface area (Å²) in [6, 6.07) is 5.20. The number of carbonyl (C=O) groups excluding carboxylic acids is 2. The molecule has 2 aromatic rings. The molecular formula is C24H29FN4O3. The van der Waals surface area contributed by atoms with Gasteiger partial charge in [-0.1, -0.05) is 13.8 Å². The monoisotopic (exact) mass is 440 g/mol. The van der Waals surface area contributed by atoms with Gasteiger partial charge in [0.2, 0.25) is 5.91 Å². The predicted octanol–water partition coefficient (Wildman–Crippen LogP) is 3.21. The molecule has 1 fully saturated rings. The maximum Gasteiger partial charge on any atom is 0.254 e. The van der Waals surface area contributed by atoms with Gasteiger partial charge in [-0.15, -0.1) is 0 Å². The smallest absolute Gasteiger partial charge is 0.254 e. The van der Waals surface area contributed by atoms with Crippen LogP contribution in [-0.2, 0) is 17.8 Å². The van der Waals surface area contributed by atoms with Crippen LogP contribution in [0.1, 0.15) is 73.0 Å². The molecule has 0 radical (unpaired) electrons. The van der Waals surface area contributed by atoms with E-state index in [1.165, 1.54) is 24.3 Å². The second-order valence-electron chi connectivity index (χ2n) is 8.56. The third-order valence-corrected chi connectivity index (χ3v) is 6.66. The Kier molecular flexibility index (Phi) is 6.39. The first-order chi connectivity index (χ1) is 15.4. The van der Waals surface area contributed by atoms with Crippen molar-refractivity contribution < 1.29 is 14.0 Å². The highest BCUT2D eigenvalue weighted by Crippen LogP contribution is 2.32. The minimum absolute atomic E-state index is 0.0243. The van der Waals surface area contributed by atoms with Crippen molar-refractivity contribution in [1.82, 2.24) is 19.8 Å². The maximum atomic E-state index is 13.2. The van der Waals surface area contributed by atoms with Crippen LogP contribution in [0, 0.1) is 11.7 Å². The number of likely N-dealkylation sites (tertiary alicyclic amines) is 1. The van der Waals surface area contributed by atoms with Crippen LogP contribution in [0.5, 0.6) is 0 Å². The number of amides is 2. The van der Waals surface area contributed by atoms with Gasteiger partial charge in [0, 0.05) is 30.1 Å². The molecule has 1 aromatic heterocycles. The van der Waals surface area contributed by atoms with Gasteiger partial charge in [0.1, 0.15) is 11.6 Å². The maximum absolute atomic E-state index is 13.2. The van der Waals surface area contributed by atoms with E-state index < -0.39 is 5.82 Å².